The smallest absolute Gasteiger partial charge is 0.306 e. The van der Waals surface area contributed by atoms with Crippen molar-refractivity contribution in [2.75, 3.05) is 14.2 Å². The minimum absolute atomic E-state index is 0.00329. The Hall–Kier alpha value is -5.05. The maximum absolute atomic E-state index is 13.3. The Labute approximate surface area is 215 Å². The maximum atomic E-state index is 13.3. The molecule has 0 radical (unpaired) electrons. The van der Waals surface area contributed by atoms with E-state index in [1.165, 1.54) is 20.3 Å². The van der Waals surface area contributed by atoms with E-state index in [2.05, 4.69) is 4.98 Å². The number of nitrogens with one attached hydrogen (secondary N) is 1. The second-order valence-corrected chi connectivity index (χ2v) is 8.71. The summed E-state index contributed by atoms with van der Waals surface area (Å²) >= 11 is 0. The first-order chi connectivity index (χ1) is 18.3. The monoisotopic (exact) mass is 513 g/mol. The van der Waals surface area contributed by atoms with E-state index in [1.54, 1.807) is 54.6 Å². The number of hydrogen-bond donors (Lipinski definition) is 3. The summed E-state index contributed by atoms with van der Waals surface area (Å²) in [4.78, 5) is 41.8. The number of esters is 1. The van der Waals surface area contributed by atoms with E-state index in [4.69, 9.17) is 13.9 Å². The predicted octanol–water partition coefficient (Wildman–Crippen LogP) is 4.42. The summed E-state index contributed by atoms with van der Waals surface area (Å²) < 4.78 is 16.2. The van der Waals surface area contributed by atoms with Gasteiger partial charge in [0.1, 0.15) is 34.0 Å². The number of aromatic amines is 1. The van der Waals surface area contributed by atoms with Crippen molar-refractivity contribution in [1.29, 1.82) is 0 Å². The van der Waals surface area contributed by atoms with Gasteiger partial charge in [0.2, 0.25) is 0 Å². The fraction of sp³-hybridized carbons (Fsp3) is 0.138. The summed E-state index contributed by atoms with van der Waals surface area (Å²) in [7, 11) is 2.72. The molecule has 0 saturated heterocycles. The highest BCUT2D eigenvalue weighted by atomic mass is 16.5. The molecule has 0 amide bonds. The summed E-state index contributed by atoms with van der Waals surface area (Å²) in [6.45, 7) is 0. The van der Waals surface area contributed by atoms with Crippen molar-refractivity contribution in [3.8, 4) is 28.6 Å². The molecule has 0 aliphatic carbocycles. The standard InChI is InChI=1S/C29H23NO8/c1-36-17-9-8-16-10-19(29(35)30-20(16)11-17)18(12-25(34)37-2)26-21(31)13-22(32)27-23(33)14-24(38-28(26)27)15-6-4-3-5-7-15/h3-11,13-14,18,31-32H,12H2,1-2H3,(H,30,35). The quantitative estimate of drug-likeness (QED) is 0.284. The molecule has 192 valence electrons. The number of carbonyl (C=O) groups excluding carboxylic acids is 1. The highest BCUT2D eigenvalue weighted by Crippen LogP contribution is 2.42. The van der Waals surface area contributed by atoms with E-state index < -0.39 is 34.4 Å². The number of fused-ring (bicyclic) bond motifs is 2. The first-order valence-electron chi connectivity index (χ1n) is 11.7. The Bertz CT molecular complexity index is 1800. The van der Waals surface area contributed by atoms with Crippen LogP contribution in [0.25, 0.3) is 33.2 Å². The zero-order valence-corrected chi connectivity index (χ0v) is 20.5. The lowest BCUT2D eigenvalue weighted by Crippen LogP contribution is -2.20. The number of ether oxygens (including phenoxy) is 2. The molecule has 2 aromatic heterocycles. The highest BCUT2D eigenvalue weighted by Gasteiger charge is 2.30. The number of aromatic hydroxyl groups is 2. The molecule has 1 unspecified atom stereocenters. The van der Waals surface area contributed by atoms with Gasteiger partial charge in [-0.25, -0.2) is 0 Å². The van der Waals surface area contributed by atoms with Crippen molar-refractivity contribution in [1.82, 2.24) is 4.98 Å². The average Bonchev–Trinajstić information content (AvgIpc) is 2.91. The van der Waals surface area contributed by atoms with Gasteiger partial charge in [-0.15, -0.1) is 0 Å². The molecular weight excluding hydrogens is 490 g/mol. The topological polar surface area (TPSA) is 139 Å². The minimum Gasteiger partial charge on any atom is -0.507 e. The van der Waals surface area contributed by atoms with Gasteiger partial charge in [-0.1, -0.05) is 30.3 Å². The molecule has 9 heteroatoms. The molecule has 1 atom stereocenters. The number of H-pyrrole nitrogens is 1. The van der Waals surface area contributed by atoms with Crippen LogP contribution in [0.3, 0.4) is 0 Å². The average molecular weight is 514 g/mol. The first-order valence-corrected chi connectivity index (χ1v) is 11.7. The summed E-state index contributed by atoms with van der Waals surface area (Å²) in [5.74, 6) is -1.96. The lowest BCUT2D eigenvalue weighted by molar-refractivity contribution is -0.140. The van der Waals surface area contributed by atoms with E-state index >= 15 is 0 Å². The molecule has 0 bridgehead atoms. The third kappa shape index (κ3) is 4.34. The van der Waals surface area contributed by atoms with E-state index in [0.29, 0.717) is 22.2 Å². The first kappa shape index (κ1) is 24.6. The van der Waals surface area contributed by atoms with Crippen LogP contribution in [0.1, 0.15) is 23.5 Å². The lowest BCUT2D eigenvalue weighted by atomic mass is 9.86. The van der Waals surface area contributed by atoms with Crippen LogP contribution in [0.4, 0.5) is 0 Å². The number of rotatable bonds is 6. The Kier molecular flexibility index (Phi) is 6.34. The predicted molar refractivity (Wildman–Crippen MR) is 141 cm³/mol. The summed E-state index contributed by atoms with van der Waals surface area (Å²) in [5.41, 5.74) is -0.00604. The summed E-state index contributed by atoms with van der Waals surface area (Å²) in [5, 5.41) is 22.0. The van der Waals surface area contributed by atoms with Crippen LogP contribution in [-0.4, -0.2) is 35.4 Å². The zero-order chi connectivity index (χ0) is 27.0. The minimum atomic E-state index is -1.09. The van der Waals surface area contributed by atoms with Crippen molar-refractivity contribution >= 4 is 27.8 Å². The van der Waals surface area contributed by atoms with E-state index in [9.17, 15) is 24.6 Å². The number of phenols is 2. The molecule has 5 rings (SSSR count). The van der Waals surface area contributed by atoms with E-state index in [0.717, 1.165) is 6.07 Å². The van der Waals surface area contributed by atoms with Gasteiger partial charge in [-0.2, -0.15) is 0 Å². The number of pyridine rings is 1. The lowest BCUT2D eigenvalue weighted by Gasteiger charge is -2.20. The van der Waals surface area contributed by atoms with Crippen molar-refractivity contribution in [2.24, 2.45) is 0 Å². The Morgan fingerprint density at radius 2 is 1.74 bits per heavy atom. The molecule has 5 aromatic rings. The Balaban J connectivity index is 1.83. The van der Waals surface area contributed by atoms with Crippen LogP contribution < -0.4 is 15.7 Å². The molecule has 3 aromatic carbocycles. The summed E-state index contributed by atoms with van der Waals surface area (Å²) in [6.07, 6.45) is -0.353. The number of methoxy groups -OCH3 is 2. The van der Waals surface area contributed by atoms with Crippen LogP contribution >= 0.6 is 0 Å². The van der Waals surface area contributed by atoms with Crippen LogP contribution in [0, 0.1) is 0 Å². The fourth-order valence-electron chi connectivity index (χ4n) is 4.60. The highest BCUT2D eigenvalue weighted by molar-refractivity contribution is 5.91. The van der Waals surface area contributed by atoms with Crippen LogP contribution in [-0.2, 0) is 9.53 Å². The second-order valence-electron chi connectivity index (χ2n) is 8.71. The number of benzene rings is 3. The number of phenolic OH excluding ortho intramolecular Hbond substituents is 2. The SMILES string of the molecule is COC(=O)CC(c1cc2ccc(OC)cc2[nH]c1=O)c1c(O)cc(O)c2c(=O)cc(-c3ccccc3)oc12. The molecule has 38 heavy (non-hydrogen) atoms. The molecule has 0 spiro atoms. The molecule has 0 fully saturated rings. The van der Waals surface area contributed by atoms with Gasteiger partial charge in [0.25, 0.3) is 5.56 Å². The zero-order valence-electron chi connectivity index (χ0n) is 20.5. The van der Waals surface area contributed by atoms with E-state index in [-0.39, 0.29) is 34.3 Å². The largest absolute Gasteiger partial charge is 0.507 e. The summed E-state index contributed by atoms with van der Waals surface area (Å²) in [6, 6.07) is 17.8. The van der Waals surface area contributed by atoms with Gasteiger partial charge in [0.05, 0.1) is 26.2 Å². The molecule has 0 aliphatic heterocycles. The van der Waals surface area contributed by atoms with Gasteiger partial charge >= 0.3 is 5.97 Å². The molecule has 0 aliphatic rings. The van der Waals surface area contributed by atoms with Gasteiger partial charge in [0.15, 0.2) is 5.43 Å². The third-order valence-corrected chi connectivity index (χ3v) is 6.46. The Morgan fingerprint density at radius 1 is 0.974 bits per heavy atom. The molecule has 3 N–H and O–H groups in total. The van der Waals surface area contributed by atoms with Gasteiger partial charge in [0, 0.05) is 40.8 Å². The molecular formula is C29H23NO8. The second kappa shape index (κ2) is 9.78. The maximum Gasteiger partial charge on any atom is 0.306 e. The van der Waals surface area contributed by atoms with Gasteiger partial charge in [-0.05, 0) is 23.6 Å². The third-order valence-electron chi connectivity index (χ3n) is 6.46. The van der Waals surface area contributed by atoms with Gasteiger partial charge < -0.3 is 29.1 Å². The van der Waals surface area contributed by atoms with Crippen LogP contribution in [0.5, 0.6) is 17.2 Å². The number of aromatic nitrogens is 1. The normalized spacial score (nSPS) is 11.9. The molecule has 2 heterocycles. The number of hydrogen-bond acceptors (Lipinski definition) is 8. The van der Waals surface area contributed by atoms with Crippen molar-refractivity contribution in [3.05, 3.63) is 98.4 Å². The molecule has 9 nitrogen and oxygen atoms in total. The van der Waals surface area contributed by atoms with Gasteiger partial charge in [-0.3, -0.25) is 14.4 Å². The number of carbonyl (C=O) groups is 1. The van der Waals surface area contributed by atoms with Crippen molar-refractivity contribution in [2.45, 2.75) is 12.3 Å². The fourth-order valence-corrected chi connectivity index (χ4v) is 4.60. The van der Waals surface area contributed by atoms with Crippen LogP contribution in [0.2, 0.25) is 0 Å². The van der Waals surface area contributed by atoms with Crippen molar-refractivity contribution < 1.29 is 28.9 Å². The van der Waals surface area contributed by atoms with E-state index in [1.807, 2.05) is 0 Å². The molecule has 0 saturated carbocycles. The van der Waals surface area contributed by atoms with Crippen molar-refractivity contribution in [3.63, 3.8) is 0 Å². The Morgan fingerprint density at radius 3 is 2.45 bits per heavy atom. The van der Waals surface area contributed by atoms with Crippen LogP contribution in [0.15, 0.2) is 80.7 Å².